The van der Waals surface area contributed by atoms with Gasteiger partial charge in [0.25, 0.3) is 5.82 Å². The summed E-state index contributed by atoms with van der Waals surface area (Å²) in [5.41, 5.74) is 2.53. The third kappa shape index (κ3) is 6.64. The van der Waals surface area contributed by atoms with E-state index in [0.717, 1.165) is 13.1 Å². The van der Waals surface area contributed by atoms with Gasteiger partial charge in [0.1, 0.15) is 18.9 Å². The fourth-order valence-electron chi connectivity index (χ4n) is 3.54. The van der Waals surface area contributed by atoms with Crippen LogP contribution in [-0.2, 0) is 13.1 Å². The van der Waals surface area contributed by atoms with Gasteiger partial charge in [-0.1, -0.05) is 77.3 Å². The predicted molar refractivity (Wildman–Crippen MR) is 108 cm³/mol. The number of imidazole rings is 1. The van der Waals surface area contributed by atoms with Crippen molar-refractivity contribution in [2.45, 2.75) is 78.3 Å². The molecule has 2 nitrogen and oxygen atoms in total. The summed E-state index contributed by atoms with van der Waals surface area (Å²) in [4.78, 5) is 0. The lowest BCUT2D eigenvalue weighted by molar-refractivity contribution is -0.696. The number of unbranched alkanes of at least 4 members (excludes halogenated alkanes) is 5. The molecule has 0 atom stereocenters. The van der Waals surface area contributed by atoms with E-state index in [9.17, 15) is 0 Å². The maximum Gasteiger partial charge on any atom is 0.259 e. The Morgan fingerprint density at radius 1 is 1.12 bits per heavy atom. The van der Waals surface area contributed by atoms with Crippen LogP contribution in [0.5, 0.6) is 0 Å². The van der Waals surface area contributed by atoms with Crippen LogP contribution in [0.15, 0.2) is 43.2 Å². The van der Waals surface area contributed by atoms with Crippen molar-refractivity contribution in [2.75, 3.05) is 0 Å². The van der Waals surface area contributed by atoms with E-state index < -0.39 is 0 Å². The largest absolute Gasteiger partial charge is 1.00 e. The van der Waals surface area contributed by atoms with Crippen molar-refractivity contribution in [1.29, 1.82) is 0 Å². The first-order valence-electron chi connectivity index (χ1n) is 9.95. The smallest absolute Gasteiger partial charge is 0.259 e. The number of hydrogen-bond acceptors (Lipinski definition) is 0. The van der Waals surface area contributed by atoms with Gasteiger partial charge in [0.15, 0.2) is 0 Å². The molecule has 0 saturated carbocycles. The minimum absolute atomic E-state index is 0. The van der Waals surface area contributed by atoms with Gasteiger partial charge in [0.2, 0.25) is 0 Å². The third-order valence-corrected chi connectivity index (χ3v) is 4.82. The molecule has 0 fully saturated rings. The summed E-state index contributed by atoms with van der Waals surface area (Å²) in [6.07, 6.45) is 14.5. The number of halogens is 1. The van der Waals surface area contributed by atoms with Gasteiger partial charge in [0.05, 0.1) is 12.5 Å². The van der Waals surface area contributed by atoms with Gasteiger partial charge in [-0.05, 0) is 30.0 Å². The van der Waals surface area contributed by atoms with Gasteiger partial charge in [0, 0.05) is 0 Å². The van der Waals surface area contributed by atoms with Crippen molar-refractivity contribution >= 4 is 6.08 Å². The van der Waals surface area contributed by atoms with Crippen LogP contribution in [0.1, 0.15) is 82.2 Å². The summed E-state index contributed by atoms with van der Waals surface area (Å²) < 4.78 is 4.87. The highest BCUT2D eigenvalue weighted by atomic mass is 35.5. The Labute approximate surface area is 166 Å². The third-order valence-electron chi connectivity index (χ3n) is 4.82. The Bertz CT molecular complexity index is 658. The van der Waals surface area contributed by atoms with Gasteiger partial charge in [-0.2, -0.15) is 0 Å². The van der Waals surface area contributed by atoms with Crippen molar-refractivity contribution in [1.82, 2.24) is 4.57 Å². The zero-order valence-corrected chi connectivity index (χ0v) is 17.5. The van der Waals surface area contributed by atoms with E-state index >= 15 is 0 Å². The molecule has 0 amide bonds. The lowest BCUT2D eigenvalue weighted by Crippen LogP contribution is -3.00. The monoisotopic (exact) mass is 374 g/mol. The van der Waals surface area contributed by atoms with E-state index in [1.165, 1.54) is 55.5 Å². The molecule has 1 aromatic heterocycles. The second-order valence-electron chi connectivity index (χ2n) is 7.35. The number of aryl methyl sites for hydroxylation is 1. The molecule has 2 rings (SSSR count). The zero-order valence-electron chi connectivity index (χ0n) is 16.8. The summed E-state index contributed by atoms with van der Waals surface area (Å²) in [5, 5.41) is 0. The van der Waals surface area contributed by atoms with E-state index in [1.807, 2.05) is 6.08 Å². The molecule has 144 valence electrons. The minimum atomic E-state index is 0. The fraction of sp³-hybridized carbons (Fsp3) is 0.522. The molecule has 3 heteroatoms. The van der Waals surface area contributed by atoms with Crippen molar-refractivity contribution in [3.8, 4) is 0 Å². The van der Waals surface area contributed by atoms with E-state index in [0.29, 0.717) is 5.92 Å². The van der Waals surface area contributed by atoms with Crippen LogP contribution in [0.3, 0.4) is 0 Å². The molecule has 1 heterocycles. The maximum absolute atomic E-state index is 3.88. The molecule has 0 saturated heterocycles. The normalized spacial score (nSPS) is 10.8. The highest BCUT2D eigenvalue weighted by Crippen LogP contribution is 2.14. The molecule has 0 radical (unpaired) electrons. The van der Waals surface area contributed by atoms with Crippen molar-refractivity contribution in [3.63, 3.8) is 0 Å². The first-order valence-corrected chi connectivity index (χ1v) is 9.95. The van der Waals surface area contributed by atoms with Crippen LogP contribution in [0.4, 0.5) is 0 Å². The van der Waals surface area contributed by atoms with Gasteiger partial charge in [-0.15, -0.1) is 0 Å². The molecule has 0 aliphatic heterocycles. The van der Waals surface area contributed by atoms with Crippen LogP contribution < -0.4 is 17.0 Å². The Balaban J connectivity index is 0.00000338. The highest BCUT2D eigenvalue weighted by molar-refractivity contribution is 5.47. The van der Waals surface area contributed by atoms with Crippen molar-refractivity contribution in [2.24, 2.45) is 0 Å². The first-order chi connectivity index (χ1) is 12.2. The average Bonchev–Trinajstić information content (AvgIpc) is 3.01. The molecule has 2 aromatic rings. The summed E-state index contributed by atoms with van der Waals surface area (Å²) in [6, 6.07) is 8.66. The molecule has 0 aliphatic carbocycles. The standard InChI is InChI=1S/C23H35N2.ClH/c1-5-7-8-9-10-11-15-24-16-17-25(23(24)20(3)4)19-22-14-12-13-21(6-2)18-22;/h6,12-14,16-18,20H,2,5,7-11,15,19H2,1,3-4H3;1H/q+1;/p-1. The predicted octanol–water partition coefficient (Wildman–Crippen LogP) is 2.95. The fourth-order valence-corrected chi connectivity index (χ4v) is 3.54. The minimum Gasteiger partial charge on any atom is -1.00 e. The number of aromatic nitrogens is 2. The quantitative estimate of drug-likeness (QED) is 0.422. The number of hydrogen-bond donors (Lipinski definition) is 0. The molecule has 1 aromatic carbocycles. The van der Waals surface area contributed by atoms with Crippen molar-refractivity contribution in [3.05, 3.63) is 60.2 Å². The maximum atomic E-state index is 3.88. The average molecular weight is 375 g/mol. The first kappa shape index (κ1) is 22.5. The van der Waals surface area contributed by atoms with Crippen LogP contribution in [0, 0.1) is 0 Å². The second-order valence-corrected chi connectivity index (χ2v) is 7.35. The Hall–Kier alpha value is -1.54. The lowest BCUT2D eigenvalue weighted by Gasteiger charge is -2.09. The van der Waals surface area contributed by atoms with Crippen LogP contribution in [0.2, 0.25) is 0 Å². The summed E-state index contributed by atoms with van der Waals surface area (Å²) in [6.45, 7) is 12.8. The van der Waals surface area contributed by atoms with Crippen LogP contribution in [-0.4, -0.2) is 4.57 Å². The summed E-state index contributed by atoms with van der Waals surface area (Å²) in [7, 11) is 0. The molecule has 0 N–H and O–H groups in total. The zero-order chi connectivity index (χ0) is 18.1. The summed E-state index contributed by atoms with van der Waals surface area (Å²) in [5.74, 6) is 1.95. The molecule has 0 unspecified atom stereocenters. The van der Waals surface area contributed by atoms with Crippen molar-refractivity contribution < 1.29 is 17.0 Å². The molecule has 26 heavy (non-hydrogen) atoms. The SMILES string of the molecule is C=Cc1cccc(C[n+]2ccn(CCCCCCCC)c2C(C)C)c1.[Cl-]. The number of nitrogens with zero attached hydrogens (tertiary/aromatic N) is 2. The molecular formula is C23H35ClN2. The molecule has 0 spiro atoms. The Kier molecular flexibility index (Phi) is 10.3. The number of rotatable bonds is 11. The Morgan fingerprint density at radius 2 is 1.85 bits per heavy atom. The van der Waals surface area contributed by atoms with E-state index in [-0.39, 0.29) is 12.4 Å². The summed E-state index contributed by atoms with van der Waals surface area (Å²) >= 11 is 0. The molecule has 0 bridgehead atoms. The van der Waals surface area contributed by atoms with Gasteiger partial charge < -0.3 is 12.4 Å². The van der Waals surface area contributed by atoms with E-state index in [2.05, 4.69) is 73.1 Å². The molecular weight excluding hydrogens is 340 g/mol. The van der Waals surface area contributed by atoms with Gasteiger partial charge >= 0.3 is 0 Å². The van der Waals surface area contributed by atoms with Gasteiger partial charge in [-0.3, -0.25) is 0 Å². The van der Waals surface area contributed by atoms with Crippen LogP contribution >= 0.6 is 0 Å². The lowest BCUT2D eigenvalue weighted by atomic mass is 10.1. The topological polar surface area (TPSA) is 8.81 Å². The highest BCUT2D eigenvalue weighted by Gasteiger charge is 2.20. The second kappa shape index (κ2) is 12.0. The van der Waals surface area contributed by atoms with Gasteiger partial charge in [-0.25, -0.2) is 9.13 Å². The van der Waals surface area contributed by atoms with E-state index in [1.54, 1.807) is 0 Å². The number of benzene rings is 1. The molecule has 0 aliphatic rings. The Morgan fingerprint density at radius 3 is 2.54 bits per heavy atom. The van der Waals surface area contributed by atoms with E-state index in [4.69, 9.17) is 0 Å². The van der Waals surface area contributed by atoms with Crippen LogP contribution in [0.25, 0.3) is 6.08 Å².